The van der Waals surface area contributed by atoms with Gasteiger partial charge < -0.3 is 16.0 Å². The normalized spacial score (nSPS) is 39.7. The monoisotopic (exact) mass is 264 g/mol. The van der Waals surface area contributed by atoms with Crippen molar-refractivity contribution in [3.8, 4) is 0 Å². The topological polar surface area (TPSA) is 75.4 Å². The van der Waals surface area contributed by atoms with Gasteiger partial charge in [0.25, 0.3) is 5.91 Å². The van der Waals surface area contributed by atoms with Gasteiger partial charge in [-0.25, -0.2) is 0 Å². The van der Waals surface area contributed by atoms with Crippen LogP contribution in [0.3, 0.4) is 0 Å². The Bertz CT molecular complexity index is 870. The predicted molar refractivity (Wildman–Crippen MR) is 71.0 cm³/mol. The van der Waals surface area contributed by atoms with Gasteiger partial charge in [-0.15, -0.1) is 0 Å². The number of rotatable bonds is 1. The van der Waals surface area contributed by atoms with Gasteiger partial charge in [-0.1, -0.05) is 12.6 Å². The maximum Gasteiger partial charge on any atom is 0.255 e. The molecular weight excluding hydrogens is 242 g/mol. The highest BCUT2D eigenvalue weighted by Crippen LogP contribution is 2.31. The van der Waals surface area contributed by atoms with Crippen molar-refractivity contribution in [3.63, 3.8) is 0 Å². The molecule has 19 heavy (non-hydrogen) atoms. The SMILES string of the molecule is [2H]C1([2H])c2c(N)cccc2C(=O)N1[C@]1([2H])C(=O)NC(=C)C([2H])([2H])C1([2H])[2H]. The molecule has 1 aromatic rings. The Morgan fingerprint density at radius 1 is 1.53 bits per heavy atom. The van der Waals surface area contributed by atoms with E-state index in [1.54, 1.807) is 0 Å². The lowest BCUT2D eigenvalue weighted by molar-refractivity contribution is -0.126. The first-order valence-electron chi connectivity index (χ1n) is 8.97. The number of anilines is 1. The van der Waals surface area contributed by atoms with E-state index in [1.807, 2.05) is 5.32 Å². The molecule has 5 nitrogen and oxygen atoms in total. The Labute approximate surface area is 120 Å². The summed E-state index contributed by atoms with van der Waals surface area (Å²) in [6.07, 6.45) is -6.24. The van der Waals surface area contributed by atoms with E-state index in [0.717, 1.165) is 0 Å². The van der Waals surface area contributed by atoms with Crippen molar-refractivity contribution in [2.24, 2.45) is 0 Å². The third kappa shape index (κ3) is 1.78. The number of benzene rings is 1. The van der Waals surface area contributed by atoms with Crippen molar-refractivity contribution in [1.82, 2.24) is 10.2 Å². The molecule has 0 aliphatic carbocycles. The van der Waals surface area contributed by atoms with Crippen LogP contribution in [0.4, 0.5) is 5.69 Å². The lowest BCUT2D eigenvalue weighted by atomic mass is 10.0. The van der Waals surface area contributed by atoms with Gasteiger partial charge >= 0.3 is 0 Å². The number of nitrogens with two attached hydrogens (primary N) is 1. The highest BCUT2D eigenvalue weighted by molar-refractivity contribution is 6.02. The summed E-state index contributed by atoms with van der Waals surface area (Å²) < 4.78 is 57.1. The molecule has 2 heterocycles. The quantitative estimate of drug-likeness (QED) is 0.743. The van der Waals surface area contributed by atoms with Crippen LogP contribution in [0.25, 0.3) is 0 Å². The van der Waals surface area contributed by atoms with Crippen molar-refractivity contribution >= 4 is 17.5 Å². The van der Waals surface area contributed by atoms with Crippen LogP contribution in [0.5, 0.6) is 0 Å². The number of carbonyl (C=O) groups is 2. The number of allylic oxidation sites excluding steroid dienone is 1. The lowest BCUT2D eigenvalue weighted by Crippen LogP contribution is -2.49. The smallest absolute Gasteiger partial charge is 0.255 e. The molecule has 0 radical (unpaired) electrons. The van der Waals surface area contributed by atoms with Gasteiger partial charge in [0.1, 0.15) is 6.02 Å². The molecule has 98 valence electrons. The summed E-state index contributed by atoms with van der Waals surface area (Å²) in [5.41, 5.74) is 4.55. The van der Waals surface area contributed by atoms with Gasteiger partial charge in [0.05, 0.1) is 4.11 Å². The predicted octanol–water partition coefficient (Wildman–Crippen LogP) is 1.02. The second-order valence-electron chi connectivity index (χ2n) is 4.05. The molecule has 1 saturated heterocycles. The van der Waals surface area contributed by atoms with Gasteiger partial charge in [-0.2, -0.15) is 0 Å². The van der Waals surface area contributed by atoms with Crippen LogP contribution in [0.1, 0.15) is 38.3 Å². The molecule has 1 fully saturated rings. The Balaban J connectivity index is 2.29. The van der Waals surface area contributed by atoms with Gasteiger partial charge in [0.2, 0.25) is 5.91 Å². The molecule has 3 N–H and O–H groups in total. The Kier molecular flexibility index (Phi) is 1.35. The molecule has 2 aliphatic heterocycles. The Hall–Kier alpha value is -2.30. The summed E-state index contributed by atoms with van der Waals surface area (Å²) in [6.45, 7) is 0.460. The van der Waals surface area contributed by atoms with Crippen LogP contribution in [0.2, 0.25) is 0 Å². The Morgan fingerprint density at radius 3 is 3.05 bits per heavy atom. The number of amides is 2. The fourth-order valence-electron chi connectivity index (χ4n) is 1.89. The van der Waals surface area contributed by atoms with E-state index in [2.05, 4.69) is 6.58 Å². The second-order valence-corrected chi connectivity index (χ2v) is 4.05. The first kappa shape index (κ1) is 6.23. The molecule has 0 unspecified atom stereocenters. The second kappa shape index (κ2) is 4.12. The number of nitrogens with zero attached hydrogens (tertiary/aromatic N) is 1. The number of hydrogen-bond donors (Lipinski definition) is 2. The maximum atomic E-state index is 12.8. The van der Waals surface area contributed by atoms with E-state index >= 15 is 0 Å². The summed E-state index contributed by atoms with van der Waals surface area (Å²) in [7, 11) is 0. The van der Waals surface area contributed by atoms with Crippen molar-refractivity contribution < 1.29 is 19.2 Å². The van der Waals surface area contributed by atoms with Crippen molar-refractivity contribution in [2.75, 3.05) is 5.73 Å². The van der Waals surface area contributed by atoms with Crippen molar-refractivity contribution in [1.29, 1.82) is 0 Å². The minimum Gasteiger partial charge on any atom is -0.398 e. The largest absolute Gasteiger partial charge is 0.398 e. The van der Waals surface area contributed by atoms with Crippen molar-refractivity contribution in [3.05, 3.63) is 41.6 Å². The molecule has 1 aromatic carbocycles. The third-order valence-corrected chi connectivity index (χ3v) is 2.79. The molecule has 0 aromatic heterocycles. The van der Waals surface area contributed by atoms with Crippen LogP contribution < -0.4 is 11.1 Å². The molecular formula is C14H15N3O2. The average Bonchev–Trinajstić information content (AvgIpc) is 2.72. The van der Waals surface area contributed by atoms with E-state index < -0.39 is 42.8 Å². The fraction of sp³-hybridized carbons (Fsp3) is 0.286. The third-order valence-electron chi connectivity index (χ3n) is 2.79. The molecule has 5 heteroatoms. The van der Waals surface area contributed by atoms with Crippen molar-refractivity contribution in [2.45, 2.75) is 25.3 Å². The van der Waals surface area contributed by atoms with Gasteiger partial charge in [0.15, 0.2) is 0 Å². The molecule has 2 amide bonds. The summed E-state index contributed by atoms with van der Waals surface area (Å²) in [6, 6.07) is 0.725. The molecule has 0 saturated carbocycles. The number of nitrogen functional groups attached to an aromatic ring is 1. The Morgan fingerprint density at radius 2 is 2.32 bits per heavy atom. The van der Waals surface area contributed by atoms with Crippen LogP contribution in [0.15, 0.2) is 30.5 Å². The summed E-state index contributed by atoms with van der Waals surface area (Å²) >= 11 is 0. The number of piperidine rings is 1. The first-order valence-corrected chi connectivity index (χ1v) is 5.47. The zero-order valence-electron chi connectivity index (χ0n) is 16.8. The maximum absolute atomic E-state index is 12.8. The number of hydrogen-bond acceptors (Lipinski definition) is 3. The van der Waals surface area contributed by atoms with Crippen LogP contribution >= 0.6 is 0 Å². The molecule has 3 rings (SSSR count). The van der Waals surface area contributed by atoms with Crippen LogP contribution in [-0.4, -0.2) is 22.7 Å². The number of nitrogens with one attached hydrogen (secondary N) is 1. The van der Waals surface area contributed by atoms with Gasteiger partial charge in [-0.05, 0) is 24.9 Å². The van der Waals surface area contributed by atoms with Crippen LogP contribution in [-0.2, 0) is 11.3 Å². The first-order chi connectivity index (χ1) is 11.7. The highest BCUT2D eigenvalue weighted by atomic mass is 16.2. The molecule has 0 spiro atoms. The molecule has 1 atom stereocenters. The van der Waals surface area contributed by atoms with Crippen LogP contribution in [0, 0.1) is 0 Å². The highest BCUT2D eigenvalue weighted by Gasteiger charge is 2.38. The summed E-state index contributed by atoms with van der Waals surface area (Å²) in [4.78, 5) is 25.5. The fourth-order valence-corrected chi connectivity index (χ4v) is 1.89. The minimum atomic E-state index is -3.31. The number of carbonyl (C=O) groups excluding carboxylic acids is 2. The van der Waals surface area contributed by atoms with E-state index in [4.69, 9.17) is 15.3 Å². The van der Waals surface area contributed by atoms with E-state index in [1.165, 1.54) is 18.2 Å². The zero-order chi connectivity index (χ0) is 19.9. The zero-order valence-corrected chi connectivity index (χ0v) is 9.78. The molecule has 0 bridgehead atoms. The average molecular weight is 264 g/mol. The minimum absolute atomic E-state index is 0.101. The van der Waals surface area contributed by atoms with Gasteiger partial charge in [0, 0.05) is 34.5 Å². The van der Waals surface area contributed by atoms with E-state index in [-0.39, 0.29) is 21.7 Å². The summed E-state index contributed by atoms with van der Waals surface area (Å²) in [5, 5.41) is 1.96. The van der Waals surface area contributed by atoms with Gasteiger partial charge in [-0.3, -0.25) is 9.59 Å². The van der Waals surface area contributed by atoms with E-state index in [9.17, 15) is 9.59 Å². The van der Waals surface area contributed by atoms with E-state index in [0.29, 0.717) is 0 Å². The number of fused-ring (bicyclic) bond motifs is 1. The molecule has 2 aliphatic rings. The lowest BCUT2D eigenvalue weighted by Gasteiger charge is -2.30. The summed E-state index contributed by atoms with van der Waals surface area (Å²) in [5.74, 6) is -2.53. The standard InChI is InChI=1S/C14H15N3O2/c1-8-5-6-12(13(18)16-8)17-7-10-9(14(17)19)3-2-4-11(10)15/h2-4,12H,1,5-7,15H2,(H,16,18)/t12-/m0/s1/i5D2,6D2,7D2,12D.